The quantitative estimate of drug-likeness (QED) is 0.427. The standard InChI is InChI=1S/C19H20N4O3S/c1-2-10-23-17(13-26-15-7-4-3-5-8-15)21-22-19(23)27-14-18(24)20-12-16-9-6-11-25-16/h2-9,11H,1,10,12-14H2,(H,20,24). The van der Waals surface area contributed by atoms with E-state index in [1.54, 1.807) is 18.4 Å². The minimum atomic E-state index is -0.105. The Bertz CT molecular complexity index is 862. The molecule has 2 heterocycles. The first-order valence-electron chi connectivity index (χ1n) is 8.39. The summed E-state index contributed by atoms with van der Waals surface area (Å²) in [5, 5.41) is 11.8. The summed E-state index contributed by atoms with van der Waals surface area (Å²) >= 11 is 1.32. The van der Waals surface area contributed by atoms with Gasteiger partial charge in [-0.25, -0.2) is 0 Å². The highest BCUT2D eigenvalue weighted by Gasteiger charge is 2.14. The molecule has 3 aromatic rings. The molecule has 0 aliphatic heterocycles. The highest BCUT2D eigenvalue weighted by atomic mass is 32.2. The number of carbonyl (C=O) groups excluding carboxylic acids is 1. The summed E-state index contributed by atoms with van der Waals surface area (Å²) in [5.41, 5.74) is 0. The molecular weight excluding hydrogens is 364 g/mol. The Labute approximate surface area is 161 Å². The summed E-state index contributed by atoms with van der Waals surface area (Å²) in [6.45, 7) is 4.96. The molecule has 0 aliphatic rings. The van der Waals surface area contributed by atoms with Gasteiger partial charge in [-0.15, -0.1) is 16.8 Å². The first-order valence-corrected chi connectivity index (χ1v) is 9.37. The van der Waals surface area contributed by atoms with Crippen LogP contribution in [-0.4, -0.2) is 26.4 Å². The van der Waals surface area contributed by atoms with Crippen molar-refractivity contribution >= 4 is 17.7 Å². The fourth-order valence-electron chi connectivity index (χ4n) is 2.29. The van der Waals surface area contributed by atoms with Gasteiger partial charge < -0.3 is 14.5 Å². The van der Waals surface area contributed by atoms with E-state index in [0.29, 0.717) is 29.8 Å². The van der Waals surface area contributed by atoms with Gasteiger partial charge in [0.2, 0.25) is 5.91 Å². The predicted octanol–water partition coefficient (Wildman–Crippen LogP) is 3.04. The Morgan fingerprint density at radius 3 is 2.85 bits per heavy atom. The van der Waals surface area contributed by atoms with Crippen LogP contribution in [0.25, 0.3) is 0 Å². The first kappa shape index (κ1) is 18.8. The maximum absolute atomic E-state index is 12.0. The van der Waals surface area contributed by atoms with Crippen molar-refractivity contribution < 1.29 is 13.9 Å². The summed E-state index contributed by atoms with van der Waals surface area (Å²) in [6.07, 6.45) is 3.34. The number of carbonyl (C=O) groups is 1. The van der Waals surface area contributed by atoms with Gasteiger partial charge in [-0.05, 0) is 24.3 Å². The zero-order valence-corrected chi connectivity index (χ0v) is 15.5. The monoisotopic (exact) mass is 384 g/mol. The van der Waals surface area contributed by atoms with E-state index in [9.17, 15) is 4.79 Å². The Morgan fingerprint density at radius 1 is 1.26 bits per heavy atom. The van der Waals surface area contributed by atoms with Crippen LogP contribution in [0.4, 0.5) is 0 Å². The minimum Gasteiger partial charge on any atom is -0.486 e. The number of rotatable bonds is 10. The summed E-state index contributed by atoms with van der Waals surface area (Å²) in [5.74, 6) is 2.28. The van der Waals surface area contributed by atoms with Crippen LogP contribution < -0.4 is 10.1 Å². The van der Waals surface area contributed by atoms with Crippen LogP contribution in [-0.2, 0) is 24.5 Å². The number of hydrogen-bond donors (Lipinski definition) is 1. The zero-order valence-electron chi connectivity index (χ0n) is 14.7. The molecule has 0 aliphatic carbocycles. The van der Waals surface area contributed by atoms with Crippen LogP contribution >= 0.6 is 11.8 Å². The molecule has 27 heavy (non-hydrogen) atoms. The first-order chi connectivity index (χ1) is 13.3. The molecule has 0 unspecified atom stereocenters. The van der Waals surface area contributed by atoms with Gasteiger partial charge in [-0.1, -0.05) is 36.0 Å². The van der Waals surface area contributed by atoms with Crippen LogP contribution in [0.2, 0.25) is 0 Å². The van der Waals surface area contributed by atoms with Crippen LogP contribution in [0, 0.1) is 0 Å². The molecule has 0 atom stereocenters. The van der Waals surface area contributed by atoms with Gasteiger partial charge in [0, 0.05) is 6.54 Å². The van der Waals surface area contributed by atoms with Gasteiger partial charge in [-0.3, -0.25) is 9.36 Å². The van der Waals surface area contributed by atoms with Gasteiger partial charge >= 0.3 is 0 Å². The topological polar surface area (TPSA) is 82.2 Å². The Balaban J connectivity index is 1.55. The summed E-state index contributed by atoms with van der Waals surface area (Å²) in [6, 6.07) is 13.1. The summed E-state index contributed by atoms with van der Waals surface area (Å²) in [4.78, 5) is 12.0. The summed E-state index contributed by atoms with van der Waals surface area (Å²) < 4.78 is 12.8. The number of nitrogens with one attached hydrogen (secondary N) is 1. The number of amides is 1. The van der Waals surface area contributed by atoms with Crippen molar-refractivity contribution in [1.82, 2.24) is 20.1 Å². The Morgan fingerprint density at radius 2 is 2.11 bits per heavy atom. The van der Waals surface area contributed by atoms with E-state index in [1.807, 2.05) is 41.0 Å². The maximum Gasteiger partial charge on any atom is 0.230 e. The molecule has 1 N–H and O–H groups in total. The van der Waals surface area contributed by atoms with E-state index < -0.39 is 0 Å². The van der Waals surface area contributed by atoms with Gasteiger partial charge in [0.1, 0.15) is 18.1 Å². The third-order valence-corrected chi connectivity index (χ3v) is 4.56. The van der Waals surface area contributed by atoms with E-state index >= 15 is 0 Å². The average Bonchev–Trinajstić information content (AvgIpc) is 3.34. The average molecular weight is 384 g/mol. The third-order valence-electron chi connectivity index (χ3n) is 3.59. The van der Waals surface area contributed by atoms with Crippen molar-refractivity contribution in [3.05, 3.63) is 73.0 Å². The maximum atomic E-state index is 12.0. The number of aromatic nitrogens is 3. The third kappa shape index (κ3) is 5.49. The number of nitrogens with zero attached hydrogens (tertiary/aromatic N) is 3. The second-order valence-corrected chi connectivity index (χ2v) is 6.49. The number of hydrogen-bond acceptors (Lipinski definition) is 6. The second kappa shape index (κ2) is 9.63. The Hall–Kier alpha value is -3.00. The Kier molecular flexibility index (Phi) is 6.70. The number of furan rings is 1. The molecule has 2 aromatic heterocycles. The lowest BCUT2D eigenvalue weighted by molar-refractivity contribution is -0.118. The number of allylic oxidation sites excluding steroid dienone is 1. The van der Waals surface area contributed by atoms with Gasteiger partial charge in [0.25, 0.3) is 0 Å². The normalized spacial score (nSPS) is 10.5. The lowest BCUT2D eigenvalue weighted by Crippen LogP contribution is -2.24. The van der Waals surface area contributed by atoms with Crippen LogP contribution in [0.3, 0.4) is 0 Å². The molecule has 0 fully saturated rings. The lowest BCUT2D eigenvalue weighted by atomic mass is 10.3. The molecule has 7 nitrogen and oxygen atoms in total. The van der Waals surface area contributed by atoms with Crippen molar-refractivity contribution in [2.24, 2.45) is 0 Å². The van der Waals surface area contributed by atoms with E-state index in [1.165, 1.54) is 11.8 Å². The number of ether oxygens (including phenoxy) is 1. The van der Waals surface area contributed by atoms with Crippen molar-refractivity contribution in [2.75, 3.05) is 5.75 Å². The molecule has 140 valence electrons. The number of benzene rings is 1. The van der Waals surface area contributed by atoms with Gasteiger partial charge in [0.05, 0.1) is 18.6 Å². The van der Waals surface area contributed by atoms with E-state index in [2.05, 4.69) is 22.1 Å². The van der Waals surface area contributed by atoms with Crippen molar-refractivity contribution in [3.63, 3.8) is 0 Å². The number of para-hydroxylation sites is 1. The molecule has 0 saturated carbocycles. The molecule has 0 saturated heterocycles. The minimum absolute atomic E-state index is 0.105. The van der Waals surface area contributed by atoms with E-state index in [-0.39, 0.29) is 18.3 Å². The predicted molar refractivity (Wildman–Crippen MR) is 102 cm³/mol. The molecule has 0 spiro atoms. The van der Waals surface area contributed by atoms with E-state index in [0.717, 1.165) is 5.75 Å². The van der Waals surface area contributed by atoms with E-state index in [4.69, 9.17) is 9.15 Å². The van der Waals surface area contributed by atoms with Gasteiger partial charge in [0.15, 0.2) is 11.0 Å². The smallest absolute Gasteiger partial charge is 0.230 e. The summed E-state index contributed by atoms with van der Waals surface area (Å²) in [7, 11) is 0. The SMILES string of the molecule is C=CCn1c(COc2ccccc2)nnc1SCC(=O)NCc1ccco1. The lowest BCUT2D eigenvalue weighted by Gasteiger charge is -2.09. The molecule has 3 rings (SSSR count). The molecule has 0 bridgehead atoms. The zero-order chi connectivity index (χ0) is 18.9. The van der Waals surface area contributed by atoms with Gasteiger partial charge in [-0.2, -0.15) is 0 Å². The molecule has 1 amide bonds. The molecule has 1 aromatic carbocycles. The fourth-order valence-corrected chi connectivity index (χ4v) is 3.09. The number of thioether (sulfide) groups is 1. The highest BCUT2D eigenvalue weighted by Crippen LogP contribution is 2.18. The molecular formula is C19H20N4O3S. The van der Waals surface area contributed by atoms with Crippen molar-refractivity contribution in [2.45, 2.75) is 24.9 Å². The van der Waals surface area contributed by atoms with Crippen molar-refractivity contribution in [3.8, 4) is 5.75 Å². The largest absolute Gasteiger partial charge is 0.486 e. The second-order valence-electron chi connectivity index (χ2n) is 5.54. The van der Waals surface area contributed by atoms with Crippen LogP contribution in [0.15, 0.2) is 71.0 Å². The van der Waals surface area contributed by atoms with Crippen molar-refractivity contribution in [1.29, 1.82) is 0 Å². The van der Waals surface area contributed by atoms with Crippen LogP contribution in [0.1, 0.15) is 11.6 Å². The van der Waals surface area contributed by atoms with Crippen LogP contribution in [0.5, 0.6) is 5.75 Å². The fraction of sp³-hybridized carbons (Fsp3) is 0.211. The highest BCUT2D eigenvalue weighted by molar-refractivity contribution is 7.99. The molecule has 0 radical (unpaired) electrons. The molecule has 8 heteroatoms.